The normalized spacial score (nSPS) is 28.7. The summed E-state index contributed by atoms with van der Waals surface area (Å²) in [6, 6.07) is 10.1. The number of fused-ring (bicyclic) bond motifs is 1. The highest BCUT2D eigenvalue weighted by Gasteiger charge is 2.43. The highest BCUT2D eigenvalue weighted by Crippen LogP contribution is 2.48. The summed E-state index contributed by atoms with van der Waals surface area (Å²) in [7, 11) is 4.27. The van der Waals surface area contributed by atoms with Gasteiger partial charge >= 0.3 is 0 Å². The number of allylic oxidation sites excluding steroid dienone is 2. The Hall–Kier alpha value is -1.42. The molecule has 0 unspecified atom stereocenters. The van der Waals surface area contributed by atoms with E-state index in [0.29, 0.717) is 18.3 Å². The fourth-order valence-corrected chi connectivity index (χ4v) is 5.13. The van der Waals surface area contributed by atoms with Crippen LogP contribution >= 0.6 is 0 Å². The Morgan fingerprint density at radius 1 is 1.14 bits per heavy atom. The minimum absolute atomic E-state index is 0.157. The smallest absolute Gasteiger partial charge is 0.0839 e. The second-order valence-electron chi connectivity index (χ2n) is 9.73. The van der Waals surface area contributed by atoms with Crippen molar-refractivity contribution in [3.63, 3.8) is 0 Å². The first-order chi connectivity index (χ1) is 13.8. The minimum atomic E-state index is -0.888. The lowest BCUT2D eigenvalue weighted by Crippen LogP contribution is -2.26. The molecule has 5 atom stereocenters. The number of aliphatic hydroxyl groups excluding tert-OH is 1. The van der Waals surface area contributed by atoms with Crippen LogP contribution in [0.2, 0.25) is 0 Å². The molecule has 0 radical (unpaired) electrons. The highest BCUT2D eigenvalue weighted by atomic mass is 16.3. The molecule has 2 aliphatic carbocycles. The van der Waals surface area contributed by atoms with E-state index in [0.717, 1.165) is 18.4 Å². The Balaban J connectivity index is 1.51. The molecule has 0 aromatic heterocycles. The molecule has 1 aromatic rings. The molecule has 2 N–H and O–H groups in total. The molecule has 3 rings (SSSR count). The van der Waals surface area contributed by atoms with Crippen LogP contribution in [0.15, 0.2) is 54.1 Å². The van der Waals surface area contributed by atoms with E-state index < -0.39 is 5.60 Å². The lowest BCUT2D eigenvalue weighted by molar-refractivity contribution is 0.108. The molecule has 29 heavy (non-hydrogen) atoms. The average Bonchev–Trinajstić information content (AvgIpc) is 3.16. The van der Waals surface area contributed by atoms with E-state index >= 15 is 0 Å². The van der Waals surface area contributed by atoms with E-state index in [1.807, 2.05) is 31.2 Å². The number of hydrogen-bond acceptors (Lipinski definition) is 3. The first-order valence-corrected chi connectivity index (χ1v) is 11.3. The third-order valence-corrected chi connectivity index (χ3v) is 6.64. The Labute approximate surface area is 177 Å². The van der Waals surface area contributed by atoms with Crippen LogP contribution in [0, 0.1) is 17.8 Å². The monoisotopic (exact) mass is 397 g/mol. The van der Waals surface area contributed by atoms with Gasteiger partial charge in [-0.1, -0.05) is 60.6 Å². The molecule has 3 nitrogen and oxygen atoms in total. The Kier molecular flexibility index (Phi) is 7.72. The lowest BCUT2D eigenvalue weighted by atomic mass is 9.87. The first kappa shape index (κ1) is 22.3. The third-order valence-electron chi connectivity index (χ3n) is 6.64. The second-order valence-corrected chi connectivity index (χ2v) is 9.73. The summed E-state index contributed by atoms with van der Waals surface area (Å²) < 4.78 is 0. The third kappa shape index (κ3) is 6.53. The number of rotatable bonds is 10. The molecule has 160 valence electrons. The van der Waals surface area contributed by atoms with Gasteiger partial charge < -0.3 is 15.1 Å². The van der Waals surface area contributed by atoms with Crippen LogP contribution in [0.25, 0.3) is 0 Å². The van der Waals surface area contributed by atoms with Gasteiger partial charge in [0.1, 0.15) is 0 Å². The molecule has 3 heteroatoms. The van der Waals surface area contributed by atoms with Gasteiger partial charge in [-0.15, -0.1) is 0 Å². The predicted octanol–water partition coefficient (Wildman–Crippen LogP) is 4.60. The maximum absolute atomic E-state index is 10.8. The van der Waals surface area contributed by atoms with Gasteiger partial charge in [0.25, 0.3) is 0 Å². The molecule has 0 amide bonds. The van der Waals surface area contributed by atoms with Crippen LogP contribution in [-0.4, -0.2) is 47.5 Å². The van der Waals surface area contributed by atoms with Crippen molar-refractivity contribution in [3.8, 4) is 0 Å². The van der Waals surface area contributed by atoms with Gasteiger partial charge in [-0.25, -0.2) is 0 Å². The van der Waals surface area contributed by atoms with Gasteiger partial charge in [-0.05, 0) is 77.1 Å². The summed E-state index contributed by atoms with van der Waals surface area (Å²) in [5.74, 6) is 1.17. The maximum Gasteiger partial charge on any atom is 0.0839 e. The summed E-state index contributed by atoms with van der Waals surface area (Å²) in [6.45, 7) is 3.04. The largest absolute Gasteiger partial charge is 0.392 e. The Bertz CT molecular complexity index is 692. The second kappa shape index (κ2) is 10.1. The van der Waals surface area contributed by atoms with E-state index in [9.17, 15) is 10.2 Å². The average molecular weight is 398 g/mol. The summed E-state index contributed by atoms with van der Waals surface area (Å²) >= 11 is 0. The highest BCUT2D eigenvalue weighted by molar-refractivity contribution is 5.23. The van der Waals surface area contributed by atoms with E-state index in [1.54, 1.807) is 5.57 Å². The summed E-state index contributed by atoms with van der Waals surface area (Å²) in [5.41, 5.74) is 1.83. The molecular formula is C26H39NO2. The quantitative estimate of drug-likeness (QED) is 0.448. The van der Waals surface area contributed by atoms with E-state index in [4.69, 9.17) is 0 Å². The molecule has 1 saturated carbocycles. The fraction of sp³-hybridized carbons (Fsp3) is 0.615. The van der Waals surface area contributed by atoms with Crippen molar-refractivity contribution in [3.05, 3.63) is 59.7 Å². The molecule has 1 aromatic carbocycles. The molecule has 0 spiro atoms. The summed E-state index contributed by atoms with van der Waals surface area (Å²) in [6.07, 6.45) is 13.8. The number of nitrogens with zero attached hydrogens (tertiary/aromatic N) is 1. The molecule has 0 aliphatic heterocycles. The standard InChI is InChI=1S/C26H39NO2/c1-26(29,19-20-10-6-4-7-11-20)14-13-23-24-17-21(16-22(24)18-25(23)28)12-8-5-9-15-27(2)3/h4,6-7,10-11,13-14,16,22-25,28-29H,5,8-9,12,15,17-19H2,1-3H3/t22-,23+,24-,25+,26+/m0/s1. The molecular weight excluding hydrogens is 358 g/mol. The van der Waals surface area contributed by atoms with Crippen LogP contribution in [0.4, 0.5) is 0 Å². The van der Waals surface area contributed by atoms with Crippen molar-refractivity contribution in [1.29, 1.82) is 0 Å². The molecule has 2 aliphatic rings. The van der Waals surface area contributed by atoms with Crippen molar-refractivity contribution < 1.29 is 10.2 Å². The van der Waals surface area contributed by atoms with Gasteiger partial charge in [-0.3, -0.25) is 0 Å². The zero-order chi connectivity index (χ0) is 20.9. The molecule has 0 saturated heterocycles. The van der Waals surface area contributed by atoms with Crippen LogP contribution < -0.4 is 0 Å². The molecule has 0 bridgehead atoms. The van der Waals surface area contributed by atoms with Crippen molar-refractivity contribution in [2.45, 2.75) is 63.6 Å². The Morgan fingerprint density at radius 2 is 1.90 bits per heavy atom. The van der Waals surface area contributed by atoms with Gasteiger partial charge in [0.15, 0.2) is 0 Å². The van der Waals surface area contributed by atoms with Gasteiger partial charge in [-0.2, -0.15) is 0 Å². The van der Waals surface area contributed by atoms with Crippen LogP contribution in [0.1, 0.15) is 51.0 Å². The van der Waals surface area contributed by atoms with Crippen LogP contribution in [-0.2, 0) is 6.42 Å². The van der Waals surface area contributed by atoms with Crippen molar-refractivity contribution in [2.24, 2.45) is 17.8 Å². The van der Waals surface area contributed by atoms with Crippen LogP contribution in [0.3, 0.4) is 0 Å². The summed E-state index contributed by atoms with van der Waals surface area (Å²) in [5, 5.41) is 21.4. The minimum Gasteiger partial charge on any atom is -0.392 e. The molecule has 1 fully saturated rings. The van der Waals surface area contributed by atoms with E-state index in [-0.39, 0.29) is 12.0 Å². The van der Waals surface area contributed by atoms with E-state index in [1.165, 1.54) is 32.2 Å². The first-order valence-electron chi connectivity index (χ1n) is 11.3. The number of unbranched alkanes of at least 4 members (excludes halogenated alkanes) is 2. The predicted molar refractivity (Wildman–Crippen MR) is 121 cm³/mol. The maximum atomic E-state index is 10.8. The van der Waals surface area contributed by atoms with Crippen molar-refractivity contribution in [2.75, 3.05) is 20.6 Å². The zero-order valence-corrected chi connectivity index (χ0v) is 18.4. The number of hydrogen-bond donors (Lipinski definition) is 2. The zero-order valence-electron chi connectivity index (χ0n) is 18.4. The SMILES string of the molecule is CN(C)CCCCCC1=C[C@H]2C[C@@H](O)[C@H](C=C[C@@](C)(O)Cc3ccccc3)[C@H]2C1. The number of aliphatic hydroxyl groups is 2. The lowest BCUT2D eigenvalue weighted by Gasteiger charge is -2.23. The topological polar surface area (TPSA) is 43.7 Å². The van der Waals surface area contributed by atoms with Gasteiger partial charge in [0.05, 0.1) is 11.7 Å². The fourth-order valence-electron chi connectivity index (χ4n) is 5.13. The van der Waals surface area contributed by atoms with Crippen molar-refractivity contribution in [1.82, 2.24) is 4.90 Å². The molecule has 0 heterocycles. The van der Waals surface area contributed by atoms with Gasteiger partial charge in [0, 0.05) is 12.3 Å². The number of benzene rings is 1. The Morgan fingerprint density at radius 3 is 2.62 bits per heavy atom. The summed E-state index contributed by atoms with van der Waals surface area (Å²) in [4.78, 5) is 2.25. The van der Waals surface area contributed by atoms with Crippen molar-refractivity contribution >= 4 is 0 Å². The van der Waals surface area contributed by atoms with Gasteiger partial charge in [0.2, 0.25) is 0 Å². The van der Waals surface area contributed by atoms with E-state index in [2.05, 4.69) is 43.3 Å². The van der Waals surface area contributed by atoms with Crippen LogP contribution in [0.5, 0.6) is 0 Å².